The van der Waals surface area contributed by atoms with Gasteiger partial charge in [0.15, 0.2) is 11.9 Å². The van der Waals surface area contributed by atoms with Gasteiger partial charge in [-0.25, -0.2) is 0 Å². The molecule has 1 unspecified atom stereocenters. The number of alkyl halides is 1. The number of pyridine rings is 1. The first-order valence-corrected chi connectivity index (χ1v) is 10.2. The Hall–Kier alpha value is -2.79. The van der Waals surface area contributed by atoms with Gasteiger partial charge in [0.05, 0.1) is 22.9 Å². The number of Topliss-reactive ketones (excluding diaryl/α,β-unsaturated/α-hetero) is 1. The molecule has 0 saturated carbocycles. The van der Waals surface area contributed by atoms with Crippen molar-refractivity contribution >= 4 is 28.3 Å². The zero-order valence-corrected chi connectivity index (χ0v) is 17.5. The summed E-state index contributed by atoms with van der Waals surface area (Å²) in [6.07, 6.45) is 6.88. The summed E-state index contributed by atoms with van der Waals surface area (Å²) in [5.74, 6) is 1.06. The smallest absolute Gasteiger partial charge is 0.198 e. The minimum atomic E-state index is -0.520. The van der Waals surface area contributed by atoms with Crippen LogP contribution in [0.3, 0.4) is 0 Å². The highest BCUT2D eigenvalue weighted by Crippen LogP contribution is 2.41. The number of nitrogens with zero attached hydrogens (tertiary/aromatic N) is 2. The van der Waals surface area contributed by atoms with Gasteiger partial charge in [-0.2, -0.15) is 0 Å². The number of rotatable bonds is 4. The molecule has 5 nitrogen and oxygen atoms in total. The van der Waals surface area contributed by atoms with Gasteiger partial charge in [0, 0.05) is 47.5 Å². The number of para-hydroxylation sites is 1. The molecule has 3 heterocycles. The number of nitrogens with one attached hydrogen (secondary N) is 1. The van der Waals surface area contributed by atoms with Gasteiger partial charge in [-0.1, -0.05) is 12.1 Å². The van der Waals surface area contributed by atoms with Crippen molar-refractivity contribution in [3.63, 3.8) is 0 Å². The third kappa shape index (κ3) is 3.75. The number of ether oxygens (including phenoxy) is 1. The fourth-order valence-corrected chi connectivity index (χ4v) is 3.72. The predicted octanol–water partition coefficient (Wildman–Crippen LogP) is 4.86. The van der Waals surface area contributed by atoms with Crippen LogP contribution in [0.2, 0.25) is 0 Å². The van der Waals surface area contributed by atoms with Crippen molar-refractivity contribution in [2.45, 2.75) is 39.0 Å². The number of hydrogen-bond donors (Lipinski definition) is 1. The number of aromatic nitrogens is 2. The van der Waals surface area contributed by atoms with E-state index in [4.69, 9.17) is 16.3 Å². The zero-order chi connectivity index (χ0) is 20.6. The lowest BCUT2D eigenvalue weighted by atomic mass is 9.91. The highest BCUT2D eigenvalue weighted by molar-refractivity contribution is 6.17. The van der Waals surface area contributed by atoms with Crippen LogP contribution in [0.5, 0.6) is 5.75 Å². The topological polar surface area (TPSA) is 56.1 Å². The Morgan fingerprint density at radius 3 is 2.83 bits per heavy atom. The second-order valence-electron chi connectivity index (χ2n) is 8.18. The Bertz CT molecular complexity index is 1090. The lowest BCUT2D eigenvalue weighted by molar-refractivity contribution is 0.0960. The van der Waals surface area contributed by atoms with E-state index in [2.05, 4.69) is 35.6 Å². The summed E-state index contributed by atoms with van der Waals surface area (Å²) in [4.78, 5) is 17.6. The molecule has 29 heavy (non-hydrogen) atoms. The molecule has 2 aromatic heterocycles. The van der Waals surface area contributed by atoms with E-state index in [0.717, 1.165) is 16.5 Å². The van der Waals surface area contributed by atoms with Crippen molar-refractivity contribution in [1.29, 1.82) is 0 Å². The fraction of sp³-hybridized carbons (Fsp3) is 0.304. The molecule has 0 amide bonds. The van der Waals surface area contributed by atoms with Crippen LogP contribution >= 0.6 is 11.6 Å². The number of benzene rings is 1. The van der Waals surface area contributed by atoms with E-state index in [1.165, 1.54) is 0 Å². The van der Waals surface area contributed by atoms with Gasteiger partial charge in [0.2, 0.25) is 0 Å². The fourth-order valence-electron chi connectivity index (χ4n) is 3.54. The van der Waals surface area contributed by atoms with E-state index < -0.39 is 6.10 Å². The van der Waals surface area contributed by atoms with Crippen molar-refractivity contribution in [2.75, 3.05) is 5.88 Å². The summed E-state index contributed by atoms with van der Waals surface area (Å²) in [6.45, 7) is 6.82. The van der Waals surface area contributed by atoms with E-state index in [1.54, 1.807) is 18.5 Å². The molecule has 0 radical (unpaired) electrons. The third-order valence-corrected chi connectivity index (χ3v) is 5.07. The van der Waals surface area contributed by atoms with Gasteiger partial charge in [0.25, 0.3) is 0 Å². The van der Waals surface area contributed by atoms with Crippen molar-refractivity contribution in [3.05, 3.63) is 71.8 Å². The number of halogens is 1. The molecular weight excluding hydrogens is 386 g/mol. The third-order valence-electron chi connectivity index (χ3n) is 4.91. The Morgan fingerprint density at radius 1 is 1.28 bits per heavy atom. The van der Waals surface area contributed by atoms with Crippen LogP contribution in [-0.4, -0.2) is 26.8 Å². The van der Waals surface area contributed by atoms with Gasteiger partial charge >= 0.3 is 0 Å². The highest BCUT2D eigenvalue weighted by Gasteiger charge is 2.35. The van der Waals surface area contributed by atoms with Crippen molar-refractivity contribution < 1.29 is 9.53 Å². The van der Waals surface area contributed by atoms with E-state index in [1.807, 2.05) is 36.7 Å². The van der Waals surface area contributed by atoms with Crippen LogP contribution in [0.25, 0.3) is 10.9 Å². The normalized spacial score (nSPS) is 18.0. The van der Waals surface area contributed by atoms with E-state index in [0.29, 0.717) is 29.3 Å². The summed E-state index contributed by atoms with van der Waals surface area (Å²) in [5.41, 5.74) is 2.89. The molecule has 1 N–H and O–H groups in total. The van der Waals surface area contributed by atoms with Gasteiger partial charge in [0.1, 0.15) is 5.75 Å². The lowest BCUT2D eigenvalue weighted by Gasteiger charge is -2.29. The standard InChI is InChI=1S/C23H24ClN3O2/c1-23(2,3)26-12-17-21(28)16-6-4-5-7-20(16)29-22(17)18-14-27(11-9-24)19-13-25-10-8-15(18)19/h4-8,10,12-14,22,26H,9,11H2,1-3H3. The number of fused-ring (bicyclic) bond motifs is 2. The molecule has 0 spiro atoms. The van der Waals surface area contributed by atoms with Crippen LogP contribution in [0, 0.1) is 0 Å². The number of aryl methyl sites for hydroxylation is 1. The second-order valence-corrected chi connectivity index (χ2v) is 8.55. The summed E-state index contributed by atoms with van der Waals surface area (Å²) < 4.78 is 8.43. The maximum Gasteiger partial charge on any atom is 0.198 e. The van der Waals surface area contributed by atoms with Gasteiger partial charge in [-0.15, -0.1) is 11.6 Å². The van der Waals surface area contributed by atoms with E-state index in [9.17, 15) is 4.79 Å². The van der Waals surface area contributed by atoms with Gasteiger partial charge < -0.3 is 14.6 Å². The van der Waals surface area contributed by atoms with Crippen LogP contribution in [0.1, 0.15) is 42.8 Å². The minimum Gasteiger partial charge on any atom is -0.480 e. The molecule has 1 aromatic carbocycles. The maximum absolute atomic E-state index is 13.4. The van der Waals surface area contributed by atoms with Gasteiger partial charge in [-0.3, -0.25) is 9.78 Å². The first kappa shape index (κ1) is 19.5. The Morgan fingerprint density at radius 2 is 2.07 bits per heavy atom. The van der Waals surface area contributed by atoms with Crippen LogP contribution in [0.4, 0.5) is 0 Å². The van der Waals surface area contributed by atoms with Crippen molar-refractivity contribution in [1.82, 2.24) is 14.9 Å². The summed E-state index contributed by atoms with van der Waals surface area (Å²) >= 11 is 6.00. The molecule has 0 saturated heterocycles. The van der Waals surface area contributed by atoms with Crippen LogP contribution in [0.15, 0.2) is 60.7 Å². The molecule has 0 bridgehead atoms. The number of hydrogen-bond acceptors (Lipinski definition) is 4. The second kappa shape index (κ2) is 7.56. The maximum atomic E-state index is 13.4. The summed E-state index contributed by atoms with van der Waals surface area (Å²) in [7, 11) is 0. The minimum absolute atomic E-state index is 0.0269. The first-order valence-electron chi connectivity index (χ1n) is 9.66. The van der Waals surface area contributed by atoms with Crippen molar-refractivity contribution in [2.24, 2.45) is 0 Å². The molecular formula is C23H24ClN3O2. The molecule has 0 aliphatic carbocycles. The largest absolute Gasteiger partial charge is 0.480 e. The zero-order valence-electron chi connectivity index (χ0n) is 16.8. The average Bonchev–Trinajstić information content (AvgIpc) is 3.05. The molecule has 0 fully saturated rings. The molecule has 1 aliphatic rings. The molecule has 3 aromatic rings. The van der Waals surface area contributed by atoms with E-state index >= 15 is 0 Å². The molecule has 4 rings (SSSR count). The molecule has 1 aliphatic heterocycles. The Kier molecular flexibility index (Phi) is 5.09. The molecule has 150 valence electrons. The SMILES string of the molecule is CC(C)(C)NC=C1C(=O)c2ccccc2OC1c1cn(CCCl)c2cnccc12. The summed E-state index contributed by atoms with van der Waals surface area (Å²) in [6, 6.07) is 9.34. The highest BCUT2D eigenvalue weighted by atomic mass is 35.5. The molecule has 1 atom stereocenters. The van der Waals surface area contributed by atoms with Gasteiger partial charge in [-0.05, 0) is 39.0 Å². The monoisotopic (exact) mass is 409 g/mol. The average molecular weight is 410 g/mol. The predicted molar refractivity (Wildman–Crippen MR) is 116 cm³/mol. The number of ketones is 1. The first-order chi connectivity index (χ1) is 13.9. The number of carbonyl (C=O) groups excluding carboxylic acids is 1. The Balaban J connectivity index is 1.88. The lowest BCUT2D eigenvalue weighted by Crippen LogP contribution is -2.34. The van der Waals surface area contributed by atoms with Crippen LogP contribution < -0.4 is 10.1 Å². The Labute approximate surface area is 175 Å². The number of carbonyl (C=O) groups is 1. The molecule has 6 heteroatoms. The quantitative estimate of drug-likeness (QED) is 0.493. The van der Waals surface area contributed by atoms with Crippen molar-refractivity contribution in [3.8, 4) is 5.75 Å². The summed E-state index contributed by atoms with van der Waals surface area (Å²) in [5, 5.41) is 4.33. The van der Waals surface area contributed by atoms with E-state index in [-0.39, 0.29) is 11.3 Å². The van der Waals surface area contributed by atoms with Crippen LogP contribution in [-0.2, 0) is 6.54 Å².